The Morgan fingerprint density at radius 2 is 1.95 bits per heavy atom. The van der Waals surface area contributed by atoms with E-state index in [0.29, 0.717) is 43.1 Å². The Hall–Kier alpha value is -0.970. The Kier molecular flexibility index (Phi) is 4.55. The van der Waals surface area contributed by atoms with E-state index in [4.69, 9.17) is 28.3 Å². The second-order valence-corrected chi connectivity index (χ2v) is 5.63. The summed E-state index contributed by atoms with van der Waals surface area (Å²) in [6.07, 6.45) is 1.26. The lowest BCUT2D eigenvalue weighted by Gasteiger charge is -2.30. The summed E-state index contributed by atoms with van der Waals surface area (Å²) in [5.41, 5.74) is 0.672. The minimum atomic E-state index is -0.728. The van der Waals surface area contributed by atoms with Gasteiger partial charge in [-0.1, -0.05) is 23.2 Å². The van der Waals surface area contributed by atoms with Gasteiger partial charge in [-0.05, 0) is 38.1 Å². The number of hydrogen-bond acceptors (Lipinski definition) is 3. The number of carboxylic acids is 1. The zero-order valence-electron chi connectivity index (χ0n) is 10.3. The van der Waals surface area contributed by atoms with Crippen LogP contribution in [0.5, 0.6) is 5.75 Å². The molecule has 1 aromatic rings. The highest BCUT2D eigenvalue weighted by Gasteiger charge is 2.25. The minimum absolute atomic E-state index is 0.0476. The number of carboxylic acid groups (broad SMARTS) is 1. The summed E-state index contributed by atoms with van der Waals surface area (Å²) in [6.45, 7) is 1.92. The highest BCUT2D eigenvalue weighted by atomic mass is 35.5. The monoisotopic (exact) mass is 303 g/mol. The van der Waals surface area contributed by atoms with Crippen LogP contribution in [0.15, 0.2) is 12.1 Å². The molecule has 1 saturated heterocycles. The van der Waals surface area contributed by atoms with Crippen LogP contribution in [0.3, 0.4) is 0 Å². The summed E-state index contributed by atoms with van der Waals surface area (Å²) in [5.74, 6) is -0.937. The van der Waals surface area contributed by atoms with E-state index >= 15 is 0 Å². The van der Waals surface area contributed by atoms with Gasteiger partial charge >= 0.3 is 5.97 Å². The minimum Gasteiger partial charge on any atom is -0.506 e. The molecule has 2 N–H and O–H groups in total. The fraction of sp³-hybridized carbons (Fsp3) is 0.462. The van der Waals surface area contributed by atoms with Gasteiger partial charge in [0, 0.05) is 17.1 Å². The molecule has 0 bridgehead atoms. The average Bonchev–Trinajstić information content (AvgIpc) is 2.36. The molecule has 6 heteroatoms. The lowest BCUT2D eigenvalue weighted by Crippen LogP contribution is -2.35. The van der Waals surface area contributed by atoms with Crippen LogP contribution < -0.4 is 0 Å². The first-order chi connectivity index (χ1) is 8.97. The van der Waals surface area contributed by atoms with Crippen LogP contribution in [0.2, 0.25) is 10.0 Å². The van der Waals surface area contributed by atoms with E-state index in [1.54, 1.807) is 6.07 Å². The molecule has 0 radical (unpaired) electrons. The number of hydrogen-bond donors (Lipinski definition) is 2. The van der Waals surface area contributed by atoms with E-state index in [2.05, 4.69) is 4.90 Å². The number of likely N-dealkylation sites (tertiary alicyclic amines) is 1. The number of nitrogens with zero attached hydrogens (tertiary/aromatic N) is 1. The number of benzene rings is 1. The van der Waals surface area contributed by atoms with Gasteiger partial charge in [-0.3, -0.25) is 9.69 Å². The normalized spacial score (nSPS) is 17.6. The first kappa shape index (κ1) is 14.4. The molecule has 0 spiro atoms. The Morgan fingerprint density at radius 3 is 2.53 bits per heavy atom. The largest absolute Gasteiger partial charge is 0.506 e. The van der Waals surface area contributed by atoms with Gasteiger partial charge in [-0.25, -0.2) is 0 Å². The molecule has 0 aliphatic carbocycles. The van der Waals surface area contributed by atoms with Gasteiger partial charge in [0.1, 0.15) is 5.75 Å². The van der Waals surface area contributed by atoms with Crippen LogP contribution in [-0.2, 0) is 11.3 Å². The zero-order valence-corrected chi connectivity index (χ0v) is 11.8. The van der Waals surface area contributed by atoms with Gasteiger partial charge in [0.25, 0.3) is 0 Å². The van der Waals surface area contributed by atoms with E-state index in [9.17, 15) is 9.90 Å². The maximum Gasteiger partial charge on any atom is 0.306 e. The molecule has 4 nitrogen and oxygen atoms in total. The van der Waals surface area contributed by atoms with Crippen LogP contribution in [0.4, 0.5) is 0 Å². The Morgan fingerprint density at radius 1 is 1.32 bits per heavy atom. The smallest absolute Gasteiger partial charge is 0.306 e. The Bertz CT molecular complexity index is 485. The molecule has 0 aromatic heterocycles. The molecule has 0 saturated carbocycles. The van der Waals surface area contributed by atoms with Crippen LogP contribution in [0, 0.1) is 5.92 Å². The summed E-state index contributed by atoms with van der Waals surface area (Å²) >= 11 is 11.8. The summed E-state index contributed by atoms with van der Waals surface area (Å²) in [5, 5.41) is 19.5. The predicted molar refractivity (Wildman–Crippen MR) is 73.8 cm³/mol. The highest BCUT2D eigenvalue weighted by Crippen LogP contribution is 2.32. The van der Waals surface area contributed by atoms with Crippen molar-refractivity contribution >= 4 is 29.2 Å². The van der Waals surface area contributed by atoms with Crippen molar-refractivity contribution in [2.24, 2.45) is 5.92 Å². The topological polar surface area (TPSA) is 60.8 Å². The predicted octanol–water partition coefficient (Wildman–Crippen LogP) is 3.00. The van der Waals surface area contributed by atoms with E-state index in [-0.39, 0.29) is 16.7 Å². The van der Waals surface area contributed by atoms with Crippen LogP contribution in [0.25, 0.3) is 0 Å². The lowest BCUT2D eigenvalue weighted by atomic mass is 9.97. The van der Waals surface area contributed by atoms with Crippen molar-refractivity contribution in [2.45, 2.75) is 19.4 Å². The first-order valence-corrected chi connectivity index (χ1v) is 6.85. The fourth-order valence-corrected chi connectivity index (χ4v) is 2.85. The standard InChI is InChI=1S/C13H15Cl2NO3/c14-10-5-9(12(17)11(15)6-10)7-16-3-1-8(2-4-16)13(18)19/h5-6,8,17H,1-4,7H2,(H,18,19). The van der Waals surface area contributed by atoms with Crippen molar-refractivity contribution in [3.63, 3.8) is 0 Å². The Balaban J connectivity index is 2.01. The van der Waals surface area contributed by atoms with Crippen LogP contribution in [0.1, 0.15) is 18.4 Å². The van der Waals surface area contributed by atoms with Gasteiger partial charge in [0.2, 0.25) is 0 Å². The van der Waals surface area contributed by atoms with E-state index in [0.717, 1.165) is 0 Å². The van der Waals surface area contributed by atoms with Crippen molar-refractivity contribution in [3.8, 4) is 5.75 Å². The number of aromatic hydroxyl groups is 1. The van der Waals surface area contributed by atoms with Gasteiger partial charge in [-0.15, -0.1) is 0 Å². The molecule has 0 unspecified atom stereocenters. The van der Waals surface area contributed by atoms with E-state index in [1.807, 2.05) is 0 Å². The molecule has 0 amide bonds. The maximum atomic E-state index is 10.9. The summed E-state index contributed by atoms with van der Waals surface area (Å²) in [7, 11) is 0. The number of halogens is 2. The highest BCUT2D eigenvalue weighted by molar-refractivity contribution is 6.35. The number of rotatable bonds is 3. The molecule has 1 aliphatic heterocycles. The van der Waals surface area contributed by atoms with Gasteiger partial charge in [-0.2, -0.15) is 0 Å². The van der Waals surface area contributed by atoms with Gasteiger partial charge in [0.05, 0.1) is 10.9 Å². The molecular weight excluding hydrogens is 289 g/mol. The van der Waals surface area contributed by atoms with Crippen molar-refractivity contribution in [2.75, 3.05) is 13.1 Å². The van der Waals surface area contributed by atoms with Crippen LogP contribution >= 0.6 is 23.2 Å². The molecule has 19 heavy (non-hydrogen) atoms. The third-order valence-electron chi connectivity index (χ3n) is 3.44. The molecule has 0 atom stereocenters. The third-order valence-corrected chi connectivity index (χ3v) is 3.94. The van der Waals surface area contributed by atoms with Crippen molar-refractivity contribution in [1.82, 2.24) is 4.90 Å². The summed E-state index contributed by atoms with van der Waals surface area (Å²) in [4.78, 5) is 13.0. The van der Waals surface area contributed by atoms with Gasteiger partial charge in [0.15, 0.2) is 0 Å². The van der Waals surface area contributed by atoms with Crippen molar-refractivity contribution < 1.29 is 15.0 Å². The summed E-state index contributed by atoms with van der Waals surface area (Å²) in [6, 6.07) is 3.19. The van der Waals surface area contributed by atoms with E-state index < -0.39 is 5.97 Å². The van der Waals surface area contributed by atoms with Crippen molar-refractivity contribution in [3.05, 3.63) is 27.7 Å². The Labute approximate surface area is 121 Å². The second kappa shape index (κ2) is 5.99. The molecule has 104 valence electrons. The molecule has 1 fully saturated rings. The van der Waals surface area contributed by atoms with Crippen molar-refractivity contribution in [1.29, 1.82) is 0 Å². The maximum absolute atomic E-state index is 10.9. The average molecular weight is 304 g/mol. The SMILES string of the molecule is O=C(O)C1CCN(Cc2cc(Cl)cc(Cl)c2O)CC1. The zero-order chi connectivity index (χ0) is 14.0. The number of aliphatic carboxylic acids is 1. The quantitative estimate of drug-likeness (QED) is 0.901. The number of carbonyl (C=O) groups is 1. The molecular formula is C13H15Cl2NO3. The van der Waals surface area contributed by atoms with E-state index in [1.165, 1.54) is 6.07 Å². The second-order valence-electron chi connectivity index (χ2n) is 4.78. The molecule has 1 aromatic carbocycles. The lowest BCUT2D eigenvalue weighted by molar-refractivity contribution is -0.143. The third kappa shape index (κ3) is 3.53. The van der Waals surface area contributed by atoms with Crippen LogP contribution in [-0.4, -0.2) is 34.2 Å². The number of phenolic OH excluding ortho intramolecular Hbond substituents is 1. The summed E-state index contributed by atoms with van der Waals surface area (Å²) < 4.78 is 0. The first-order valence-electron chi connectivity index (χ1n) is 6.09. The number of phenols is 1. The molecule has 1 heterocycles. The van der Waals surface area contributed by atoms with Gasteiger partial charge < -0.3 is 10.2 Å². The fourth-order valence-electron chi connectivity index (χ4n) is 2.32. The molecule has 1 aliphatic rings. The molecule has 2 rings (SSSR count). The number of piperidine rings is 1.